The summed E-state index contributed by atoms with van der Waals surface area (Å²) in [5, 5.41) is 2.46. The van der Waals surface area contributed by atoms with Crippen LogP contribution in [0.2, 0.25) is 0 Å². The average molecular weight is 477 g/mol. The Hall–Kier alpha value is -3.56. The van der Waals surface area contributed by atoms with Gasteiger partial charge in [0.2, 0.25) is 0 Å². The van der Waals surface area contributed by atoms with Crippen molar-refractivity contribution in [2.24, 2.45) is 0 Å². The number of hydrogen-bond acceptors (Lipinski definition) is 2. The number of rotatable bonds is 2. The van der Waals surface area contributed by atoms with Crippen LogP contribution >= 0.6 is 15.9 Å². The van der Waals surface area contributed by atoms with E-state index in [0.717, 1.165) is 21.5 Å². The molecule has 1 aliphatic heterocycles. The van der Waals surface area contributed by atoms with E-state index >= 15 is 0 Å². The van der Waals surface area contributed by atoms with Crippen LogP contribution in [0, 0.1) is 6.92 Å². The van der Waals surface area contributed by atoms with Crippen LogP contribution in [0.5, 0.6) is 0 Å². The first-order valence-electron chi connectivity index (χ1n) is 10.7. The second-order valence-electron chi connectivity index (χ2n) is 8.09. The maximum atomic E-state index is 3.80. The topological polar surface area (TPSA) is 6.48 Å². The fraction of sp³-hybridized carbons (Fsp3) is 0.0345. The van der Waals surface area contributed by atoms with Gasteiger partial charge in [-0.25, -0.2) is 0 Å². The molecule has 154 valence electrons. The van der Waals surface area contributed by atoms with E-state index in [4.69, 9.17) is 0 Å². The van der Waals surface area contributed by atoms with Gasteiger partial charge in [0.05, 0.1) is 28.4 Å². The van der Waals surface area contributed by atoms with E-state index in [9.17, 15) is 0 Å². The average Bonchev–Trinajstić information content (AvgIpc) is 2.83. The van der Waals surface area contributed by atoms with Crippen LogP contribution in [0.15, 0.2) is 114 Å². The van der Waals surface area contributed by atoms with Crippen molar-refractivity contribution in [3.63, 3.8) is 0 Å². The van der Waals surface area contributed by atoms with Crippen molar-refractivity contribution >= 4 is 60.8 Å². The number of para-hydroxylation sites is 4. The van der Waals surface area contributed by atoms with Crippen LogP contribution in [0.3, 0.4) is 0 Å². The van der Waals surface area contributed by atoms with Gasteiger partial charge in [-0.15, -0.1) is 0 Å². The van der Waals surface area contributed by atoms with Crippen LogP contribution in [0.1, 0.15) is 5.56 Å². The van der Waals surface area contributed by atoms with Crippen LogP contribution < -0.4 is 9.80 Å². The molecule has 0 amide bonds. The number of fused-ring (bicyclic) bond motifs is 3. The maximum Gasteiger partial charge on any atom is 0.0710 e. The molecule has 6 rings (SSSR count). The number of halogens is 1. The molecule has 0 aliphatic carbocycles. The van der Waals surface area contributed by atoms with E-state index in [1.165, 1.54) is 33.4 Å². The predicted octanol–water partition coefficient (Wildman–Crippen LogP) is 9.16. The zero-order chi connectivity index (χ0) is 21.7. The van der Waals surface area contributed by atoms with Crippen LogP contribution in [0.25, 0.3) is 10.8 Å². The number of nitrogens with zero attached hydrogens (tertiary/aromatic N) is 2. The van der Waals surface area contributed by atoms with Gasteiger partial charge < -0.3 is 9.80 Å². The normalized spacial score (nSPS) is 12.6. The van der Waals surface area contributed by atoms with E-state index in [2.05, 4.69) is 142 Å². The third kappa shape index (κ3) is 2.93. The lowest BCUT2D eigenvalue weighted by molar-refractivity contribution is 1.16. The molecule has 32 heavy (non-hydrogen) atoms. The van der Waals surface area contributed by atoms with Crippen molar-refractivity contribution < 1.29 is 0 Å². The molecule has 0 atom stereocenters. The molecule has 2 nitrogen and oxygen atoms in total. The van der Waals surface area contributed by atoms with E-state index < -0.39 is 0 Å². The van der Waals surface area contributed by atoms with Crippen molar-refractivity contribution in [3.8, 4) is 0 Å². The Balaban J connectivity index is 1.73. The molecule has 0 N–H and O–H groups in total. The third-order valence-electron chi connectivity index (χ3n) is 6.14. The van der Waals surface area contributed by atoms with Crippen molar-refractivity contribution in [2.75, 3.05) is 9.80 Å². The monoisotopic (exact) mass is 476 g/mol. The zero-order valence-electron chi connectivity index (χ0n) is 17.7. The molecule has 3 heteroatoms. The fourth-order valence-electron chi connectivity index (χ4n) is 4.64. The molecule has 0 unspecified atom stereocenters. The molecule has 1 heterocycles. The van der Waals surface area contributed by atoms with Gasteiger partial charge in [0.15, 0.2) is 0 Å². The summed E-state index contributed by atoms with van der Waals surface area (Å²) in [7, 11) is 0. The van der Waals surface area contributed by atoms with Crippen LogP contribution in [-0.4, -0.2) is 0 Å². The predicted molar refractivity (Wildman–Crippen MR) is 139 cm³/mol. The minimum Gasteiger partial charge on any atom is -0.306 e. The summed E-state index contributed by atoms with van der Waals surface area (Å²) in [6.45, 7) is 2.18. The molecular formula is C29H21BrN2. The maximum absolute atomic E-state index is 3.80. The largest absolute Gasteiger partial charge is 0.306 e. The van der Waals surface area contributed by atoms with Gasteiger partial charge in [-0.3, -0.25) is 0 Å². The Morgan fingerprint density at radius 3 is 1.47 bits per heavy atom. The van der Waals surface area contributed by atoms with Gasteiger partial charge in [-0.2, -0.15) is 0 Å². The minimum atomic E-state index is 1.07. The fourth-order valence-corrected chi connectivity index (χ4v) is 5.10. The summed E-state index contributed by atoms with van der Waals surface area (Å²) in [5.74, 6) is 0. The van der Waals surface area contributed by atoms with E-state index in [1.807, 2.05) is 0 Å². The highest BCUT2D eigenvalue weighted by Gasteiger charge is 2.31. The van der Waals surface area contributed by atoms with Gasteiger partial charge >= 0.3 is 0 Å². The van der Waals surface area contributed by atoms with Crippen LogP contribution in [-0.2, 0) is 0 Å². The number of hydrogen-bond donors (Lipinski definition) is 0. The summed E-state index contributed by atoms with van der Waals surface area (Å²) in [5.41, 5.74) is 8.23. The Kier molecular flexibility index (Phi) is 4.51. The van der Waals surface area contributed by atoms with E-state index in [-0.39, 0.29) is 0 Å². The molecule has 0 saturated heterocycles. The quantitative estimate of drug-likeness (QED) is 0.245. The highest BCUT2D eigenvalue weighted by molar-refractivity contribution is 9.10. The molecule has 1 aliphatic rings. The number of aryl methyl sites for hydroxylation is 1. The third-order valence-corrected chi connectivity index (χ3v) is 6.81. The Morgan fingerprint density at radius 2 is 0.906 bits per heavy atom. The van der Waals surface area contributed by atoms with Crippen molar-refractivity contribution in [3.05, 3.63) is 119 Å². The molecular weight excluding hydrogens is 456 g/mol. The molecule has 5 aromatic rings. The molecule has 0 bridgehead atoms. The van der Waals surface area contributed by atoms with Crippen LogP contribution in [0.4, 0.5) is 34.1 Å². The van der Waals surface area contributed by atoms with Gasteiger partial charge in [0.25, 0.3) is 0 Å². The lowest BCUT2D eigenvalue weighted by atomic mass is 10.00. The van der Waals surface area contributed by atoms with Gasteiger partial charge in [-0.05, 0) is 81.7 Å². The first-order chi connectivity index (χ1) is 15.7. The Labute approximate surface area is 196 Å². The molecule has 0 fully saturated rings. The summed E-state index contributed by atoms with van der Waals surface area (Å²) in [6.07, 6.45) is 0. The lowest BCUT2D eigenvalue weighted by Gasteiger charge is -2.41. The number of anilines is 6. The molecule has 5 aromatic carbocycles. The van der Waals surface area contributed by atoms with Crippen molar-refractivity contribution in [2.45, 2.75) is 6.92 Å². The Bertz CT molecular complexity index is 1360. The van der Waals surface area contributed by atoms with Gasteiger partial charge in [-0.1, -0.05) is 66.7 Å². The standard InChI is InChI=1S/C29H21BrN2/c1-20-10-2-6-14-24(20)31-26-16-8-9-17-27(26)32(25-15-7-5-13-23(25)30)29-19-22-12-4-3-11-21(22)18-28(29)31/h2-19H,1H3. The van der Waals surface area contributed by atoms with Crippen molar-refractivity contribution in [1.29, 1.82) is 0 Å². The van der Waals surface area contributed by atoms with E-state index in [1.54, 1.807) is 0 Å². The molecule has 0 aromatic heterocycles. The zero-order valence-corrected chi connectivity index (χ0v) is 19.3. The smallest absolute Gasteiger partial charge is 0.0710 e. The second-order valence-corrected chi connectivity index (χ2v) is 8.94. The molecule has 0 radical (unpaired) electrons. The molecule has 0 saturated carbocycles. The lowest BCUT2D eigenvalue weighted by Crippen LogP contribution is -2.24. The van der Waals surface area contributed by atoms with Crippen molar-refractivity contribution in [1.82, 2.24) is 0 Å². The second kappa shape index (κ2) is 7.54. The Morgan fingerprint density at radius 1 is 0.469 bits per heavy atom. The minimum absolute atomic E-state index is 1.07. The highest BCUT2D eigenvalue weighted by Crippen LogP contribution is 2.56. The van der Waals surface area contributed by atoms with Gasteiger partial charge in [0.1, 0.15) is 0 Å². The van der Waals surface area contributed by atoms with Gasteiger partial charge in [0, 0.05) is 10.2 Å². The highest BCUT2D eigenvalue weighted by atomic mass is 79.9. The van der Waals surface area contributed by atoms with E-state index in [0.29, 0.717) is 0 Å². The summed E-state index contributed by atoms with van der Waals surface area (Å²) in [4.78, 5) is 4.77. The summed E-state index contributed by atoms with van der Waals surface area (Å²) in [6, 6.07) is 38.9. The first-order valence-corrected chi connectivity index (χ1v) is 11.5. The SMILES string of the molecule is Cc1ccccc1N1c2ccccc2N(c2ccccc2Br)c2cc3ccccc3cc21. The summed E-state index contributed by atoms with van der Waals surface area (Å²) >= 11 is 3.80. The molecule has 0 spiro atoms. The summed E-state index contributed by atoms with van der Waals surface area (Å²) < 4.78 is 1.07. The number of benzene rings is 5. The first kappa shape index (κ1) is 19.1.